The number of nitrogens with two attached hydrogens (primary N) is 2. The number of phosphoric acid groups is 1. The van der Waals surface area contributed by atoms with Crippen molar-refractivity contribution in [2.24, 2.45) is 0 Å². The second-order valence-electron chi connectivity index (χ2n) is 13.0. The van der Waals surface area contributed by atoms with Crippen LogP contribution in [0.3, 0.4) is 0 Å². The van der Waals surface area contributed by atoms with Crippen molar-refractivity contribution in [3.05, 3.63) is 35.4 Å². The summed E-state index contributed by atoms with van der Waals surface area (Å²) in [6, 6.07) is 0.473. The SMILES string of the molecule is CN[C@@H](CSSC(C)(C)C)C(=O)O[C@H]1[C@@H](O)[C@H](n2cnc3c(N)ncnc32)O[C@@H]1COP(=O)(O)[C@H]1C[C@H](n2ccc(N)nc2=O)O[C@@H]1COP(=O)(O)O. The summed E-state index contributed by atoms with van der Waals surface area (Å²) < 4.78 is 55.4. The normalized spacial score (nSPS) is 26.8. The lowest BCUT2D eigenvalue weighted by Gasteiger charge is -2.26. The highest BCUT2D eigenvalue weighted by Gasteiger charge is 2.52. The Balaban J connectivity index is 1.39. The zero-order valence-electron chi connectivity index (χ0n) is 28.8. The van der Waals surface area contributed by atoms with Crippen LogP contribution in [-0.4, -0.2) is 122 Å². The third kappa shape index (κ3) is 10.1. The first kappa shape index (κ1) is 41.5. The summed E-state index contributed by atoms with van der Waals surface area (Å²) in [6.45, 7) is 4.47. The van der Waals surface area contributed by atoms with Gasteiger partial charge in [0.25, 0.3) is 0 Å². The highest BCUT2D eigenvalue weighted by molar-refractivity contribution is 8.77. The average Bonchev–Trinajstić information content (AvgIpc) is 3.77. The van der Waals surface area contributed by atoms with Crippen molar-refractivity contribution in [3.8, 4) is 0 Å². The number of anilines is 2. The summed E-state index contributed by atoms with van der Waals surface area (Å²) in [5, 5.41) is 14.4. The van der Waals surface area contributed by atoms with Gasteiger partial charge in [0.15, 0.2) is 23.8 Å². The molecule has 5 rings (SSSR count). The van der Waals surface area contributed by atoms with Gasteiger partial charge in [-0.3, -0.25) is 23.0 Å². The molecule has 2 aliphatic heterocycles. The summed E-state index contributed by atoms with van der Waals surface area (Å²) in [5.74, 6) is -0.480. The number of imidazole rings is 1. The maximum Gasteiger partial charge on any atom is 0.469 e. The number of nitrogen functional groups attached to an aromatic ring is 2. The lowest BCUT2D eigenvalue weighted by molar-refractivity contribution is -0.158. The van der Waals surface area contributed by atoms with Gasteiger partial charge >= 0.3 is 27.1 Å². The van der Waals surface area contributed by atoms with Crippen LogP contribution >= 0.6 is 37.0 Å². The van der Waals surface area contributed by atoms with Gasteiger partial charge in [0.05, 0.1) is 31.3 Å². The van der Waals surface area contributed by atoms with Gasteiger partial charge in [-0.2, -0.15) is 4.98 Å². The maximum absolute atomic E-state index is 13.9. The van der Waals surface area contributed by atoms with Crippen LogP contribution in [0, 0.1) is 0 Å². The molecule has 53 heavy (non-hydrogen) atoms. The number of ether oxygens (including phenoxy) is 3. The van der Waals surface area contributed by atoms with E-state index in [1.807, 2.05) is 20.8 Å². The zero-order chi connectivity index (χ0) is 38.9. The minimum absolute atomic E-state index is 0.0548. The Kier molecular flexibility index (Phi) is 13.0. The van der Waals surface area contributed by atoms with Crippen LogP contribution in [0.1, 0.15) is 39.6 Å². The Morgan fingerprint density at radius 3 is 2.49 bits per heavy atom. The number of nitrogens with zero attached hydrogens (tertiary/aromatic N) is 6. The first-order chi connectivity index (χ1) is 24.8. The number of hydrogen-bond acceptors (Lipinski definition) is 19. The molecule has 9 atom stereocenters. The number of aliphatic hydroxyl groups excluding tert-OH is 1. The van der Waals surface area contributed by atoms with E-state index in [-0.39, 0.29) is 34.0 Å². The standard InChI is InChI=1S/C27H41N9O13P2S2/c1-27(2,3)53-52-10-13(30-4)25(38)49-21-15(48-24(20(21)37)36-12-33-19-22(29)31-11-32-23(19)36)9-45-50(40,41)16-7-18(35-6-5-17(28)34-26(35)39)47-14(16)8-46-51(42,43)44/h5-6,11-16,18,20-21,24,30,37H,7-10H2,1-4H3,(H,40,41)(H2,28,34,39)(H2,29,31,32)(H2,42,43,44)/t13-,14+,15+,16-,18+,20+,21+,24+/m0/s1. The van der Waals surface area contributed by atoms with E-state index in [9.17, 15) is 38.5 Å². The Morgan fingerprint density at radius 1 is 1.11 bits per heavy atom. The number of aliphatic hydroxyl groups is 1. The minimum atomic E-state index is -5.06. The number of esters is 1. The van der Waals surface area contributed by atoms with E-state index in [4.69, 9.17) is 30.2 Å². The van der Waals surface area contributed by atoms with Crippen molar-refractivity contribution < 1.29 is 57.0 Å². The monoisotopic (exact) mass is 825 g/mol. The largest absolute Gasteiger partial charge is 0.469 e. The predicted octanol–water partition coefficient (Wildman–Crippen LogP) is 0.153. The first-order valence-corrected chi connectivity index (χ1v) is 21.4. The van der Waals surface area contributed by atoms with Crippen LogP contribution < -0.4 is 22.5 Å². The first-order valence-electron chi connectivity index (χ1n) is 15.9. The molecule has 0 aromatic carbocycles. The molecule has 26 heteroatoms. The van der Waals surface area contributed by atoms with Crippen molar-refractivity contribution in [2.75, 3.05) is 37.5 Å². The van der Waals surface area contributed by atoms with Crippen LogP contribution in [0.4, 0.5) is 11.6 Å². The third-order valence-electron chi connectivity index (χ3n) is 8.02. The van der Waals surface area contributed by atoms with Gasteiger partial charge in [-0.15, -0.1) is 0 Å². The lowest BCUT2D eigenvalue weighted by atomic mass is 10.1. The fourth-order valence-electron chi connectivity index (χ4n) is 5.52. The third-order valence-corrected chi connectivity index (χ3v) is 13.8. The summed E-state index contributed by atoms with van der Waals surface area (Å²) in [6.07, 6.45) is -5.05. The average molecular weight is 826 g/mol. The number of fused-ring (bicyclic) bond motifs is 1. The van der Waals surface area contributed by atoms with Crippen LogP contribution in [0.25, 0.3) is 11.2 Å². The Hall–Kier alpha value is -2.70. The molecule has 0 saturated carbocycles. The summed E-state index contributed by atoms with van der Waals surface area (Å²) >= 11 is 0. The van der Waals surface area contributed by atoms with Crippen molar-refractivity contribution in [1.82, 2.24) is 34.4 Å². The second kappa shape index (κ2) is 16.6. The van der Waals surface area contributed by atoms with E-state index < -0.39 is 88.9 Å². The Labute approximate surface area is 309 Å². The molecule has 2 aliphatic rings. The molecule has 3 aromatic rings. The van der Waals surface area contributed by atoms with Crippen molar-refractivity contribution >= 4 is 65.8 Å². The molecule has 3 aromatic heterocycles. The topological polar surface area (TPSA) is 321 Å². The molecule has 294 valence electrons. The molecule has 2 saturated heterocycles. The van der Waals surface area contributed by atoms with E-state index in [0.717, 1.165) is 4.57 Å². The molecular weight excluding hydrogens is 784 g/mol. The fraction of sp³-hybridized carbons (Fsp3) is 0.630. The molecule has 0 aliphatic carbocycles. The molecule has 1 unspecified atom stereocenters. The van der Waals surface area contributed by atoms with Crippen LogP contribution in [0.5, 0.6) is 0 Å². The van der Waals surface area contributed by atoms with Gasteiger partial charge in [0, 0.05) is 23.1 Å². The lowest BCUT2D eigenvalue weighted by Crippen LogP contribution is -2.45. The smallest absolute Gasteiger partial charge is 0.455 e. The fourth-order valence-corrected chi connectivity index (χ4v) is 9.97. The van der Waals surface area contributed by atoms with Gasteiger partial charge in [0.1, 0.15) is 42.1 Å². The van der Waals surface area contributed by atoms with Gasteiger partial charge in [-0.25, -0.2) is 24.3 Å². The number of nitrogens with one attached hydrogen (secondary N) is 1. The van der Waals surface area contributed by atoms with Crippen LogP contribution in [0.15, 0.2) is 29.7 Å². The molecule has 0 spiro atoms. The van der Waals surface area contributed by atoms with E-state index in [0.29, 0.717) is 5.75 Å². The number of phosphoric ester groups is 1. The molecule has 5 heterocycles. The van der Waals surface area contributed by atoms with E-state index >= 15 is 0 Å². The van der Waals surface area contributed by atoms with E-state index in [2.05, 4.69) is 29.8 Å². The predicted molar refractivity (Wildman–Crippen MR) is 191 cm³/mol. The van der Waals surface area contributed by atoms with E-state index in [1.165, 1.54) is 40.3 Å². The molecule has 22 nitrogen and oxygen atoms in total. The summed E-state index contributed by atoms with van der Waals surface area (Å²) in [7, 11) is -5.36. The number of carbonyl (C=O) groups excluding carboxylic acids is 1. The van der Waals surface area contributed by atoms with Crippen molar-refractivity contribution in [3.63, 3.8) is 0 Å². The molecule has 9 N–H and O–H groups in total. The molecule has 2 fully saturated rings. The van der Waals surface area contributed by atoms with E-state index in [1.54, 1.807) is 17.8 Å². The number of rotatable bonds is 15. The second-order valence-corrected chi connectivity index (χ2v) is 19.4. The summed E-state index contributed by atoms with van der Waals surface area (Å²) in [4.78, 5) is 71.8. The number of hydrogen-bond donors (Lipinski definition) is 7. The number of carbonyl (C=O) groups is 1. The highest BCUT2D eigenvalue weighted by Crippen LogP contribution is 2.56. The van der Waals surface area contributed by atoms with Gasteiger partial charge in [-0.1, -0.05) is 42.4 Å². The van der Waals surface area contributed by atoms with Crippen LogP contribution in [-0.2, 0) is 37.2 Å². The van der Waals surface area contributed by atoms with Gasteiger partial charge in [-0.05, 0) is 13.1 Å². The zero-order valence-corrected chi connectivity index (χ0v) is 32.2. The van der Waals surface area contributed by atoms with Crippen molar-refractivity contribution in [1.29, 1.82) is 0 Å². The quantitative estimate of drug-likeness (QED) is 0.0609. The molecule has 0 radical (unpaired) electrons. The highest BCUT2D eigenvalue weighted by atomic mass is 33.1. The molecule has 0 bridgehead atoms. The Morgan fingerprint density at radius 2 is 1.83 bits per heavy atom. The van der Waals surface area contributed by atoms with Gasteiger partial charge < -0.3 is 55.3 Å². The molecular formula is C27H41N9O13P2S2. The maximum atomic E-state index is 13.9. The number of aromatic nitrogens is 6. The molecule has 0 amide bonds. The number of likely N-dealkylation sites (N-methyl/N-ethyl adjacent to an activating group) is 1. The van der Waals surface area contributed by atoms with Gasteiger partial charge in [0.2, 0.25) is 0 Å². The van der Waals surface area contributed by atoms with Crippen molar-refractivity contribution in [2.45, 2.75) is 80.5 Å². The minimum Gasteiger partial charge on any atom is -0.455 e. The summed E-state index contributed by atoms with van der Waals surface area (Å²) in [5.41, 5.74) is 9.53. The Bertz CT molecular complexity index is 1930. The van der Waals surface area contributed by atoms with Crippen LogP contribution in [0.2, 0.25) is 0 Å².